The number of benzene rings is 1. The molecule has 1 aliphatic heterocycles. The van der Waals surface area contributed by atoms with E-state index >= 15 is 0 Å². The summed E-state index contributed by atoms with van der Waals surface area (Å²) in [5, 5.41) is 13.2. The minimum Gasteiger partial charge on any atom is -0.468 e. The molecule has 1 aliphatic rings. The fraction of sp³-hybridized carbons (Fsp3) is 0.435. The second-order valence-corrected chi connectivity index (χ2v) is 10.8. The Morgan fingerprint density at radius 1 is 1.35 bits per heavy atom. The van der Waals surface area contributed by atoms with Gasteiger partial charge in [0.2, 0.25) is 0 Å². The largest absolute Gasteiger partial charge is 0.468 e. The summed E-state index contributed by atoms with van der Waals surface area (Å²) in [5.74, 6) is -0.751. The van der Waals surface area contributed by atoms with Gasteiger partial charge in [-0.3, -0.25) is 23.7 Å². The van der Waals surface area contributed by atoms with Crippen molar-refractivity contribution in [3.8, 4) is 5.75 Å². The van der Waals surface area contributed by atoms with E-state index in [9.17, 15) is 24.1 Å². The molecule has 0 bridgehead atoms. The number of methoxy groups -OCH3 is 1. The number of carbonyl (C=O) groups excluding carboxylic acids is 1. The predicted molar refractivity (Wildman–Crippen MR) is 138 cm³/mol. The van der Waals surface area contributed by atoms with Crippen molar-refractivity contribution in [3.63, 3.8) is 0 Å². The number of H-pyrrole nitrogens is 1. The molecule has 0 saturated carbocycles. The summed E-state index contributed by atoms with van der Waals surface area (Å²) in [7, 11) is -2.98. The molecule has 1 aromatic heterocycles. The second kappa shape index (κ2) is 12.8. The zero-order chi connectivity index (χ0) is 27.2. The van der Waals surface area contributed by atoms with Crippen molar-refractivity contribution >= 4 is 35.7 Å². The smallest absolute Gasteiger partial charge is 0.459 e. The summed E-state index contributed by atoms with van der Waals surface area (Å²) >= 11 is 3.09. The van der Waals surface area contributed by atoms with Gasteiger partial charge in [-0.2, -0.15) is 5.09 Å². The van der Waals surface area contributed by atoms with Crippen LogP contribution in [0.2, 0.25) is 0 Å². The molecule has 0 aliphatic carbocycles. The number of rotatable bonds is 11. The van der Waals surface area contributed by atoms with Gasteiger partial charge in [0.1, 0.15) is 24.1 Å². The minimum atomic E-state index is -4.19. The number of hydrogen-bond donors (Lipinski definition) is 3. The van der Waals surface area contributed by atoms with E-state index in [0.29, 0.717) is 0 Å². The summed E-state index contributed by atoms with van der Waals surface area (Å²) in [6.45, 7) is 3.07. The SMILES string of the molecule is COC(=O)[C@@H](NP(=O)(OCC1OC(n2cc(C=CBr)c(=O)[nH]c2=O)CC1O)Oc1ccccc1)C(C)C. The second-order valence-electron chi connectivity index (χ2n) is 8.55. The number of aliphatic hydroxyl groups is 1. The molecule has 4 unspecified atom stereocenters. The molecular formula is C23H29BrN3O9P. The zero-order valence-electron chi connectivity index (χ0n) is 20.4. The Hall–Kier alpha value is -2.54. The number of aliphatic hydroxyl groups excluding tert-OH is 1. The van der Waals surface area contributed by atoms with Gasteiger partial charge in [0.25, 0.3) is 5.56 Å². The van der Waals surface area contributed by atoms with E-state index in [4.69, 9.17) is 18.5 Å². The number of aromatic nitrogens is 2. The highest BCUT2D eigenvalue weighted by Gasteiger charge is 2.40. The third kappa shape index (κ3) is 7.50. The fourth-order valence-corrected chi connectivity index (χ4v) is 5.54. The van der Waals surface area contributed by atoms with E-state index in [-0.39, 0.29) is 23.7 Å². The van der Waals surface area contributed by atoms with E-state index in [0.717, 1.165) is 4.57 Å². The number of carbonyl (C=O) groups is 1. The molecule has 1 fully saturated rings. The lowest BCUT2D eigenvalue weighted by molar-refractivity contribution is -0.143. The monoisotopic (exact) mass is 601 g/mol. The van der Waals surface area contributed by atoms with Crippen LogP contribution >= 0.6 is 23.7 Å². The summed E-state index contributed by atoms with van der Waals surface area (Å²) in [5.41, 5.74) is -1.10. The molecule has 2 aromatic rings. The van der Waals surface area contributed by atoms with Crippen LogP contribution in [0.25, 0.3) is 6.08 Å². The lowest BCUT2D eigenvalue weighted by Gasteiger charge is -2.27. The molecule has 0 radical (unpaired) electrons. The first-order valence-corrected chi connectivity index (χ1v) is 13.8. The third-order valence-corrected chi connectivity index (χ3v) is 7.35. The van der Waals surface area contributed by atoms with Crippen LogP contribution in [0.1, 0.15) is 32.1 Å². The molecule has 37 heavy (non-hydrogen) atoms. The number of nitrogens with zero attached hydrogens (tertiary/aromatic N) is 1. The molecule has 1 aromatic carbocycles. The van der Waals surface area contributed by atoms with Crippen molar-refractivity contribution in [2.45, 2.75) is 44.7 Å². The Kier molecular flexibility index (Phi) is 10.0. The van der Waals surface area contributed by atoms with E-state index in [1.807, 2.05) is 0 Å². The highest BCUT2D eigenvalue weighted by molar-refractivity contribution is 9.11. The number of para-hydroxylation sites is 1. The van der Waals surface area contributed by atoms with Crippen molar-refractivity contribution in [2.75, 3.05) is 13.7 Å². The van der Waals surface area contributed by atoms with Crippen molar-refractivity contribution in [2.24, 2.45) is 5.92 Å². The van der Waals surface area contributed by atoms with Crippen LogP contribution in [0.3, 0.4) is 0 Å². The number of halogens is 1. The van der Waals surface area contributed by atoms with Crippen molar-refractivity contribution < 1.29 is 33.0 Å². The Bertz CT molecular complexity index is 1260. The number of nitrogens with one attached hydrogen (secondary N) is 2. The van der Waals surface area contributed by atoms with Gasteiger partial charge in [-0.25, -0.2) is 9.36 Å². The molecule has 14 heteroatoms. The van der Waals surface area contributed by atoms with Gasteiger partial charge >= 0.3 is 19.4 Å². The molecule has 2 heterocycles. The Morgan fingerprint density at radius 2 is 2.05 bits per heavy atom. The van der Waals surface area contributed by atoms with Crippen LogP contribution in [-0.2, 0) is 23.4 Å². The molecule has 3 rings (SSSR count). The maximum atomic E-state index is 13.7. The van der Waals surface area contributed by atoms with E-state index in [2.05, 4.69) is 26.0 Å². The van der Waals surface area contributed by atoms with Crippen molar-refractivity contribution in [1.29, 1.82) is 0 Å². The highest BCUT2D eigenvalue weighted by atomic mass is 79.9. The first-order valence-electron chi connectivity index (χ1n) is 11.4. The summed E-state index contributed by atoms with van der Waals surface area (Å²) in [4.78, 5) is 40.3. The van der Waals surface area contributed by atoms with Gasteiger partial charge < -0.3 is 19.1 Å². The third-order valence-electron chi connectivity index (χ3n) is 5.55. The fourth-order valence-electron chi connectivity index (χ4n) is 3.59. The van der Waals surface area contributed by atoms with Gasteiger partial charge in [-0.15, -0.1) is 0 Å². The number of hydrogen-bond acceptors (Lipinski definition) is 9. The van der Waals surface area contributed by atoms with Gasteiger partial charge in [0.15, 0.2) is 0 Å². The maximum absolute atomic E-state index is 13.7. The Labute approximate surface area is 221 Å². The van der Waals surface area contributed by atoms with Crippen LogP contribution in [0.5, 0.6) is 5.75 Å². The van der Waals surface area contributed by atoms with Crippen LogP contribution in [0.15, 0.2) is 51.1 Å². The molecule has 0 amide bonds. The lowest BCUT2D eigenvalue weighted by atomic mass is 10.1. The zero-order valence-corrected chi connectivity index (χ0v) is 22.9. The highest BCUT2D eigenvalue weighted by Crippen LogP contribution is 2.46. The quantitative estimate of drug-likeness (QED) is 0.258. The first-order chi connectivity index (χ1) is 17.6. The van der Waals surface area contributed by atoms with Crippen LogP contribution in [-0.4, -0.2) is 52.6 Å². The molecule has 12 nitrogen and oxygen atoms in total. The molecule has 202 valence electrons. The topological polar surface area (TPSA) is 158 Å². The molecular weight excluding hydrogens is 573 g/mol. The van der Waals surface area contributed by atoms with Crippen LogP contribution < -0.4 is 20.9 Å². The van der Waals surface area contributed by atoms with Gasteiger partial charge in [-0.1, -0.05) is 48.0 Å². The predicted octanol–water partition coefficient (Wildman–Crippen LogP) is 2.54. The molecule has 3 N–H and O–H groups in total. The minimum absolute atomic E-state index is 0.00545. The molecule has 1 saturated heterocycles. The molecule has 5 atom stereocenters. The first kappa shape index (κ1) is 29.0. The summed E-state index contributed by atoms with van der Waals surface area (Å²) in [6.07, 6.45) is -0.235. The summed E-state index contributed by atoms with van der Waals surface area (Å²) < 4.78 is 36.8. The lowest BCUT2D eigenvalue weighted by Crippen LogP contribution is -2.41. The Balaban J connectivity index is 1.80. The number of esters is 1. The van der Waals surface area contributed by atoms with Crippen molar-refractivity contribution in [1.82, 2.24) is 14.6 Å². The van der Waals surface area contributed by atoms with Gasteiger partial charge in [0, 0.05) is 12.6 Å². The standard InChI is InChI=1S/C23H29BrN3O9P/c1-14(2)20(22(30)33-3)26-37(32,36-16-7-5-4-6-8-16)34-13-18-17(28)11-19(35-18)27-12-15(9-10-24)21(29)25-23(27)31/h4-10,12,14,17-20,28H,11,13H2,1-3H3,(H,26,32)(H,25,29,31)/t17?,18?,19?,20-,37?/m0/s1. The van der Waals surface area contributed by atoms with Crippen LogP contribution in [0, 0.1) is 5.92 Å². The van der Waals surface area contributed by atoms with E-state index in [1.165, 1.54) is 24.4 Å². The van der Waals surface area contributed by atoms with Gasteiger partial charge in [0.05, 0.1) is 25.4 Å². The van der Waals surface area contributed by atoms with Crippen molar-refractivity contribution in [3.05, 3.63) is 67.9 Å². The van der Waals surface area contributed by atoms with Gasteiger partial charge in [-0.05, 0) is 29.1 Å². The van der Waals surface area contributed by atoms with Crippen LogP contribution in [0.4, 0.5) is 0 Å². The normalized spacial score (nSPS) is 22.2. The number of ether oxygens (including phenoxy) is 2. The average Bonchev–Trinajstić information content (AvgIpc) is 3.23. The Morgan fingerprint density at radius 3 is 2.68 bits per heavy atom. The molecule has 0 spiro atoms. The summed E-state index contributed by atoms with van der Waals surface area (Å²) in [6, 6.07) is 7.22. The maximum Gasteiger partial charge on any atom is 0.459 e. The van der Waals surface area contributed by atoms with E-state index in [1.54, 1.807) is 44.2 Å². The van der Waals surface area contributed by atoms with E-state index < -0.39 is 56.0 Å². The average molecular weight is 602 g/mol. The number of aromatic amines is 1.